The number of aliphatic imine (C=N–C) groups is 1. The van der Waals surface area contributed by atoms with E-state index in [2.05, 4.69) is 20.9 Å². The Morgan fingerprint density at radius 2 is 2.08 bits per heavy atom. The van der Waals surface area contributed by atoms with E-state index in [9.17, 15) is 22.8 Å². The lowest BCUT2D eigenvalue weighted by molar-refractivity contribution is -0.131. The first-order valence-electron chi connectivity index (χ1n) is 7.54. The highest BCUT2D eigenvalue weighted by molar-refractivity contribution is 8.00. The van der Waals surface area contributed by atoms with Crippen molar-refractivity contribution in [1.29, 1.82) is 0 Å². The third-order valence-corrected chi connectivity index (χ3v) is 4.13. The molecule has 0 aliphatic carbocycles. The van der Waals surface area contributed by atoms with E-state index in [1.54, 1.807) is 13.0 Å². The summed E-state index contributed by atoms with van der Waals surface area (Å²) >= 11 is -0.225. The largest absolute Gasteiger partial charge is 0.446 e. The molecule has 1 heterocycles. The number of benzene rings is 1. The summed E-state index contributed by atoms with van der Waals surface area (Å²) in [5, 5.41) is 7.89. The molecule has 2 amide bonds. The second-order valence-electron chi connectivity index (χ2n) is 5.54. The van der Waals surface area contributed by atoms with E-state index < -0.39 is 29.0 Å². The normalized spacial score (nSPS) is 20.2. The van der Waals surface area contributed by atoms with Gasteiger partial charge in [-0.15, -0.1) is 0 Å². The molecular formula is C16H17F3N4O2S. The minimum atomic E-state index is -4.39. The number of halogens is 3. The van der Waals surface area contributed by atoms with Crippen molar-refractivity contribution in [3.8, 4) is 0 Å². The van der Waals surface area contributed by atoms with E-state index in [-0.39, 0.29) is 16.7 Å². The van der Waals surface area contributed by atoms with E-state index in [1.807, 2.05) is 0 Å². The van der Waals surface area contributed by atoms with Gasteiger partial charge >= 0.3 is 5.51 Å². The van der Waals surface area contributed by atoms with Crippen LogP contribution in [-0.2, 0) is 9.59 Å². The number of alkyl halides is 3. The van der Waals surface area contributed by atoms with Crippen LogP contribution >= 0.6 is 11.8 Å². The van der Waals surface area contributed by atoms with E-state index in [4.69, 9.17) is 0 Å². The smallest absolute Gasteiger partial charge is 0.355 e. The second-order valence-corrected chi connectivity index (χ2v) is 6.68. The van der Waals surface area contributed by atoms with Crippen LogP contribution in [0.4, 0.5) is 13.2 Å². The number of amides is 2. The molecule has 1 aliphatic rings. The lowest BCUT2D eigenvalue weighted by atomic mass is 10.1. The monoisotopic (exact) mass is 386 g/mol. The number of carbonyl (C=O) groups is 2. The topological polar surface area (TPSA) is 82.6 Å². The highest BCUT2D eigenvalue weighted by Gasteiger charge is 2.38. The lowest BCUT2D eigenvalue weighted by Gasteiger charge is -2.32. The first kappa shape index (κ1) is 19.8. The summed E-state index contributed by atoms with van der Waals surface area (Å²) < 4.78 is 37.6. The van der Waals surface area contributed by atoms with Gasteiger partial charge in [-0.05, 0) is 36.4 Å². The van der Waals surface area contributed by atoms with Crippen molar-refractivity contribution < 1.29 is 22.8 Å². The Bertz CT molecular complexity index is 751. The summed E-state index contributed by atoms with van der Waals surface area (Å²) in [5.41, 5.74) is -5.46. The fourth-order valence-electron chi connectivity index (χ4n) is 2.31. The van der Waals surface area contributed by atoms with Crippen LogP contribution in [0.2, 0.25) is 0 Å². The van der Waals surface area contributed by atoms with Crippen molar-refractivity contribution in [3.63, 3.8) is 0 Å². The van der Waals surface area contributed by atoms with Gasteiger partial charge in [0.05, 0.1) is 12.3 Å². The summed E-state index contributed by atoms with van der Waals surface area (Å²) in [6.45, 7) is 2.89. The zero-order chi connectivity index (χ0) is 19.4. The quantitative estimate of drug-likeness (QED) is 0.679. The predicted molar refractivity (Wildman–Crippen MR) is 92.2 cm³/mol. The van der Waals surface area contributed by atoms with Gasteiger partial charge in [0.15, 0.2) is 0 Å². The Morgan fingerprint density at radius 1 is 1.35 bits per heavy atom. The van der Waals surface area contributed by atoms with Gasteiger partial charge in [0.25, 0.3) is 5.91 Å². The van der Waals surface area contributed by atoms with Crippen LogP contribution in [-0.4, -0.2) is 29.2 Å². The molecule has 0 spiro atoms. The molecule has 2 rings (SSSR count). The van der Waals surface area contributed by atoms with Crippen molar-refractivity contribution in [3.05, 3.63) is 42.2 Å². The number of nitrogens with one attached hydrogen (secondary N) is 3. The summed E-state index contributed by atoms with van der Waals surface area (Å²) in [6.07, 6.45) is 4.06. The Balaban J connectivity index is 2.15. The molecule has 0 radical (unpaired) electrons. The van der Waals surface area contributed by atoms with Crippen LogP contribution in [0.15, 0.2) is 46.6 Å². The SMILES string of the molecule is CC(=O)NC1(C(=O)NC(C)c2cccc(SC(F)(F)F)c2)C=NC=CN1. The molecule has 0 saturated carbocycles. The predicted octanol–water partition coefficient (Wildman–Crippen LogP) is 2.45. The fraction of sp³-hybridized carbons (Fsp3) is 0.312. The van der Waals surface area contributed by atoms with Crippen molar-refractivity contribution in [1.82, 2.24) is 16.0 Å². The molecule has 10 heteroatoms. The number of hydrogen-bond acceptors (Lipinski definition) is 5. The molecule has 0 fully saturated rings. The summed E-state index contributed by atoms with van der Waals surface area (Å²) in [7, 11) is 0. The van der Waals surface area contributed by atoms with Crippen LogP contribution in [0.5, 0.6) is 0 Å². The molecule has 1 aromatic rings. The average molecular weight is 386 g/mol. The molecule has 0 aromatic heterocycles. The maximum atomic E-state index is 12.7. The maximum absolute atomic E-state index is 12.7. The Morgan fingerprint density at radius 3 is 2.65 bits per heavy atom. The highest BCUT2D eigenvalue weighted by atomic mass is 32.2. The van der Waals surface area contributed by atoms with Gasteiger partial charge in [-0.25, -0.2) is 0 Å². The summed E-state index contributed by atoms with van der Waals surface area (Å²) in [4.78, 5) is 28.0. The molecule has 2 unspecified atom stereocenters. The van der Waals surface area contributed by atoms with E-state index in [0.29, 0.717) is 5.56 Å². The highest BCUT2D eigenvalue weighted by Crippen LogP contribution is 2.37. The lowest BCUT2D eigenvalue weighted by Crippen LogP contribution is -2.67. The van der Waals surface area contributed by atoms with Crippen molar-refractivity contribution in [2.24, 2.45) is 4.99 Å². The van der Waals surface area contributed by atoms with E-state index >= 15 is 0 Å². The third-order valence-electron chi connectivity index (χ3n) is 3.41. The van der Waals surface area contributed by atoms with Crippen molar-refractivity contribution in [2.45, 2.75) is 36.0 Å². The second kappa shape index (κ2) is 7.81. The molecule has 1 aliphatic heterocycles. The third kappa shape index (κ3) is 5.25. The standard InChI is InChI=1S/C16H17F3N4O2S/c1-10(12-4-3-5-13(8-12)26-16(17,18)19)22-14(25)15(23-11(2)24)9-20-6-7-21-15/h3-10,21H,1-2H3,(H,22,25)(H,23,24). The minimum absolute atomic E-state index is 0.0213. The van der Waals surface area contributed by atoms with Crippen LogP contribution in [0.3, 0.4) is 0 Å². The van der Waals surface area contributed by atoms with E-state index in [0.717, 1.165) is 0 Å². The van der Waals surface area contributed by atoms with Crippen molar-refractivity contribution in [2.75, 3.05) is 0 Å². The molecule has 0 saturated heterocycles. The molecule has 3 N–H and O–H groups in total. The Hall–Kier alpha value is -2.49. The maximum Gasteiger partial charge on any atom is 0.446 e. The van der Waals surface area contributed by atoms with Gasteiger partial charge in [0.1, 0.15) is 0 Å². The van der Waals surface area contributed by atoms with Gasteiger partial charge in [-0.2, -0.15) is 13.2 Å². The molecule has 140 valence electrons. The molecule has 0 bridgehead atoms. The van der Waals surface area contributed by atoms with Crippen molar-refractivity contribution >= 4 is 29.8 Å². The van der Waals surface area contributed by atoms with Gasteiger partial charge < -0.3 is 16.0 Å². The van der Waals surface area contributed by atoms with Gasteiger partial charge in [-0.3, -0.25) is 14.6 Å². The summed E-state index contributed by atoms with van der Waals surface area (Å²) in [5.74, 6) is -1.05. The van der Waals surface area contributed by atoms with Crippen LogP contribution in [0, 0.1) is 0 Å². The molecule has 2 atom stereocenters. The number of nitrogens with zero attached hydrogens (tertiary/aromatic N) is 1. The average Bonchev–Trinajstić information content (AvgIpc) is 2.53. The molecule has 6 nitrogen and oxygen atoms in total. The van der Waals surface area contributed by atoms with Crippen LogP contribution in [0.25, 0.3) is 0 Å². The van der Waals surface area contributed by atoms with Crippen LogP contribution < -0.4 is 16.0 Å². The van der Waals surface area contributed by atoms with Crippen LogP contribution in [0.1, 0.15) is 25.5 Å². The summed E-state index contributed by atoms with van der Waals surface area (Å²) in [6, 6.07) is 5.20. The molecule has 26 heavy (non-hydrogen) atoms. The van der Waals surface area contributed by atoms with Gasteiger partial charge in [-0.1, -0.05) is 12.1 Å². The first-order chi connectivity index (χ1) is 12.1. The zero-order valence-electron chi connectivity index (χ0n) is 13.9. The minimum Gasteiger partial charge on any atom is -0.355 e. The number of hydrogen-bond donors (Lipinski definition) is 3. The van der Waals surface area contributed by atoms with Gasteiger partial charge in [0.2, 0.25) is 11.6 Å². The van der Waals surface area contributed by atoms with Gasteiger partial charge in [0, 0.05) is 24.2 Å². The Labute approximate surface area is 152 Å². The zero-order valence-corrected chi connectivity index (χ0v) is 14.7. The number of carbonyl (C=O) groups excluding carboxylic acids is 2. The van der Waals surface area contributed by atoms with E-state index in [1.165, 1.54) is 43.7 Å². The first-order valence-corrected chi connectivity index (χ1v) is 8.35. The number of thioether (sulfide) groups is 1. The molecular weight excluding hydrogens is 369 g/mol. The number of rotatable bonds is 5. The Kier molecular flexibility index (Phi) is 5.96. The fourth-order valence-corrected chi connectivity index (χ4v) is 2.91. The molecule has 1 aromatic carbocycles.